The van der Waals surface area contributed by atoms with E-state index < -0.39 is 0 Å². The maximum absolute atomic E-state index is 9.57. The van der Waals surface area contributed by atoms with Crippen LogP contribution in [0, 0.1) is 18.3 Å². The summed E-state index contributed by atoms with van der Waals surface area (Å²) in [6.07, 6.45) is 0. The number of rotatable bonds is 3. The second-order valence-electron chi connectivity index (χ2n) is 6.68. The van der Waals surface area contributed by atoms with E-state index in [-0.39, 0.29) is 0 Å². The first-order valence-corrected chi connectivity index (χ1v) is 9.01. The lowest BCUT2D eigenvalue weighted by Crippen LogP contribution is -2.47. The van der Waals surface area contributed by atoms with E-state index >= 15 is 0 Å². The van der Waals surface area contributed by atoms with Crippen LogP contribution in [-0.2, 0) is 0 Å². The lowest BCUT2D eigenvalue weighted by atomic mass is 10.1. The van der Waals surface area contributed by atoms with E-state index in [2.05, 4.69) is 45.1 Å². The standard InChI is InChI=1S/C21H21N5O/c1-15-7-8-17-16(13-15)21(18(14-22)24-23-17)26-11-9-25(10-12-26)19-5-3-4-6-20(19)27-2/h3-8,13H,9-12H2,1-2H3. The monoisotopic (exact) mass is 359 g/mol. The maximum Gasteiger partial charge on any atom is 0.187 e. The highest BCUT2D eigenvalue weighted by molar-refractivity contribution is 5.94. The van der Waals surface area contributed by atoms with Crippen LogP contribution < -0.4 is 14.5 Å². The van der Waals surface area contributed by atoms with Crippen LogP contribution in [0.5, 0.6) is 5.75 Å². The third-order valence-corrected chi connectivity index (χ3v) is 5.02. The molecule has 1 aliphatic heterocycles. The molecule has 27 heavy (non-hydrogen) atoms. The van der Waals surface area contributed by atoms with E-state index in [1.54, 1.807) is 7.11 Å². The van der Waals surface area contributed by atoms with Crippen molar-refractivity contribution in [3.8, 4) is 11.8 Å². The molecule has 136 valence electrons. The van der Waals surface area contributed by atoms with Gasteiger partial charge in [-0.05, 0) is 31.2 Å². The van der Waals surface area contributed by atoms with Crippen LogP contribution >= 0.6 is 0 Å². The van der Waals surface area contributed by atoms with Gasteiger partial charge in [0.1, 0.15) is 11.8 Å². The van der Waals surface area contributed by atoms with Crippen molar-refractivity contribution in [2.24, 2.45) is 0 Å². The van der Waals surface area contributed by atoms with Crippen molar-refractivity contribution in [2.75, 3.05) is 43.1 Å². The molecule has 0 radical (unpaired) electrons. The number of ether oxygens (including phenoxy) is 1. The van der Waals surface area contributed by atoms with Crippen LogP contribution in [0.15, 0.2) is 42.5 Å². The summed E-state index contributed by atoms with van der Waals surface area (Å²) in [5.74, 6) is 0.885. The molecule has 1 saturated heterocycles. The van der Waals surface area contributed by atoms with Gasteiger partial charge < -0.3 is 14.5 Å². The second-order valence-corrected chi connectivity index (χ2v) is 6.68. The van der Waals surface area contributed by atoms with E-state index in [4.69, 9.17) is 4.74 Å². The molecular formula is C21H21N5O. The zero-order valence-electron chi connectivity index (χ0n) is 15.5. The van der Waals surface area contributed by atoms with Crippen molar-refractivity contribution in [2.45, 2.75) is 6.92 Å². The third-order valence-electron chi connectivity index (χ3n) is 5.02. The number of fused-ring (bicyclic) bond motifs is 1. The molecule has 0 unspecified atom stereocenters. The van der Waals surface area contributed by atoms with E-state index in [1.165, 1.54) is 0 Å². The number of para-hydroxylation sites is 2. The number of piperazine rings is 1. The highest BCUT2D eigenvalue weighted by Gasteiger charge is 2.24. The van der Waals surface area contributed by atoms with Crippen molar-refractivity contribution < 1.29 is 4.74 Å². The number of hydrogen-bond acceptors (Lipinski definition) is 6. The van der Waals surface area contributed by atoms with Gasteiger partial charge in [0.15, 0.2) is 5.69 Å². The summed E-state index contributed by atoms with van der Waals surface area (Å²) in [5, 5.41) is 18.9. The quantitative estimate of drug-likeness (QED) is 0.716. The molecule has 0 bridgehead atoms. The molecule has 4 rings (SSSR count). The van der Waals surface area contributed by atoms with E-state index in [0.29, 0.717) is 5.69 Å². The molecule has 1 fully saturated rings. The molecule has 6 nitrogen and oxygen atoms in total. The summed E-state index contributed by atoms with van der Waals surface area (Å²) >= 11 is 0. The van der Waals surface area contributed by atoms with Crippen LogP contribution in [0.1, 0.15) is 11.3 Å². The molecule has 1 aliphatic rings. The Hall–Kier alpha value is -3.33. The SMILES string of the molecule is COc1ccccc1N1CCN(c2c(C#N)nnc3ccc(C)cc23)CC1. The molecule has 0 spiro atoms. The van der Waals surface area contributed by atoms with Crippen molar-refractivity contribution >= 4 is 22.3 Å². The minimum absolute atomic E-state index is 0.388. The number of hydrogen-bond donors (Lipinski definition) is 0. The van der Waals surface area contributed by atoms with Gasteiger partial charge in [-0.2, -0.15) is 5.26 Å². The maximum atomic E-state index is 9.57. The van der Waals surface area contributed by atoms with E-state index in [0.717, 1.165) is 59.8 Å². The molecule has 2 aromatic carbocycles. The first-order chi connectivity index (χ1) is 13.2. The smallest absolute Gasteiger partial charge is 0.187 e. The fourth-order valence-corrected chi connectivity index (χ4v) is 3.66. The van der Waals surface area contributed by atoms with Crippen LogP contribution in [0.3, 0.4) is 0 Å². The number of methoxy groups -OCH3 is 1. The second kappa shape index (κ2) is 7.12. The van der Waals surface area contributed by atoms with Crippen LogP contribution in [-0.4, -0.2) is 43.5 Å². The van der Waals surface area contributed by atoms with Crippen molar-refractivity contribution in [1.82, 2.24) is 10.2 Å². The Bertz CT molecular complexity index is 1020. The Labute approximate surface area is 158 Å². The lowest BCUT2D eigenvalue weighted by Gasteiger charge is -2.38. The number of nitriles is 1. The highest BCUT2D eigenvalue weighted by atomic mass is 16.5. The van der Waals surface area contributed by atoms with Crippen molar-refractivity contribution in [1.29, 1.82) is 5.26 Å². The minimum atomic E-state index is 0.388. The van der Waals surface area contributed by atoms with Crippen LogP contribution in [0.25, 0.3) is 10.9 Å². The lowest BCUT2D eigenvalue weighted by molar-refractivity contribution is 0.413. The number of benzene rings is 2. The van der Waals surface area contributed by atoms with Crippen LogP contribution in [0.2, 0.25) is 0 Å². The summed E-state index contributed by atoms with van der Waals surface area (Å²) in [7, 11) is 1.70. The fourth-order valence-electron chi connectivity index (χ4n) is 3.66. The molecule has 0 atom stereocenters. The Morgan fingerprint density at radius 3 is 2.48 bits per heavy atom. The number of aryl methyl sites for hydroxylation is 1. The topological polar surface area (TPSA) is 65.3 Å². The van der Waals surface area contributed by atoms with E-state index in [1.807, 2.05) is 30.3 Å². The average molecular weight is 359 g/mol. The summed E-state index contributed by atoms with van der Waals surface area (Å²) in [6, 6.07) is 16.4. The first kappa shape index (κ1) is 17.1. The van der Waals surface area contributed by atoms with Crippen LogP contribution in [0.4, 0.5) is 11.4 Å². The Morgan fingerprint density at radius 1 is 1.00 bits per heavy atom. The molecule has 0 saturated carbocycles. The molecule has 6 heteroatoms. The molecule has 1 aromatic heterocycles. The zero-order chi connectivity index (χ0) is 18.8. The van der Waals surface area contributed by atoms with Gasteiger partial charge in [-0.25, -0.2) is 0 Å². The molecule has 0 N–H and O–H groups in total. The minimum Gasteiger partial charge on any atom is -0.495 e. The number of aromatic nitrogens is 2. The van der Waals surface area contributed by atoms with E-state index in [9.17, 15) is 5.26 Å². The first-order valence-electron chi connectivity index (χ1n) is 9.01. The van der Waals surface area contributed by atoms with Gasteiger partial charge >= 0.3 is 0 Å². The Morgan fingerprint density at radius 2 is 1.74 bits per heavy atom. The highest BCUT2D eigenvalue weighted by Crippen LogP contribution is 2.32. The van der Waals surface area contributed by atoms with Gasteiger partial charge in [-0.15, -0.1) is 10.2 Å². The summed E-state index contributed by atoms with van der Waals surface area (Å²) < 4.78 is 5.50. The van der Waals surface area contributed by atoms with Gasteiger partial charge in [0.05, 0.1) is 24.0 Å². The summed E-state index contributed by atoms with van der Waals surface area (Å²) in [5.41, 5.74) is 4.36. The van der Waals surface area contributed by atoms with Gasteiger partial charge in [0.2, 0.25) is 0 Å². The van der Waals surface area contributed by atoms with Crippen molar-refractivity contribution in [3.05, 3.63) is 53.7 Å². The third kappa shape index (κ3) is 3.13. The molecule has 3 aromatic rings. The molecule has 0 amide bonds. The number of nitrogens with zero attached hydrogens (tertiary/aromatic N) is 5. The summed E-state index contributed by atoms with van der Waals surface area (Å²) in [4.78, 5) is 4.57. The molecular weight excluding hydrogens is 338 g/mol. The largest absolute Gasteiger partial charge is 0.495 e. The molecule has 0 aliphatic carbocycles. The summed E-state index contributed by atoms with van der Waals surface area (Å²) in [6.45, 7) is 5.36. The van der Waals surface area contributed by atoms with Gasteiger partial charge in [0, 0.05) is 31.6 Å². The predicted molar refractivity (Wildman–Crippen MR) is 106 cm³/mol. The van der Waals surface area contributed by atoms with Crippen molar-refractivity contribution in [3.63, 3.8) is 0 Å². The molecule has 2 heterocycles. The predicted octanol–water partition coefficient (Wildman–Crippen LogP) is 3.15. The Kier molecular flexibility index (Phi) is 4.51. The zero-order valence-corrected chi connectivity index (χ0v) is 15.5. The Balaban J connectivity index is 1.65. The normalized spacial score (nSPS) is 14.3. The van der Waals surface area contributed by atoms with Gasteiger partial charge in [0.25, 0.3) is 0 Å². The fraction of sp³-hybridized carbons (Fsp3) is 0.286. The number of anilines is 2. The van der Waals surface area contributed by atoms with Gasteiger partial charge in [-0.1, -0.05) is 23.8 Å². The van der Waals surface area contributed by atoms with Gasteiger partial charge in [-0.3, -0.25) is 0 Å². The average Bonchev–Trinajstić information content (AvgIpc) is 2.73.